The molecule has 4 heterocycles. The van der Waals surface area contributed by atoms with Crippen LogP contribution in [0.4, 0.5) is 45.5 Å². The van der Waals surface area contributed by atoms with Gasteiger partial charge in [-0.25, -0.2) is 0 Å². The summed E-state index contributed by atoms with van der Waals surface area (Å²) in [7, 11) is 0. The third-order valence-electron chi connectivity index (χ3n) is 20.9. The molecule has 2 aliphatic carbocycles. The SMILES string of the molecule is Cc1ccccc1-c1c(C)ccc2c1N(c1ccc(C(C)(C)C)cc1-c1ccccc1)c1cc(N3c4ccccc4C4(C)CCCCC34C)cc3c1B2c1cc2c(cc1N3c1cccc3sc4ccccc4c13)C(C)(C)CCC2(C)C. The fourth-order valence-corrected chi connectivity index (χ4v) is 17.3. The zero-order valence-corrected chi connectivity index (χ0v) is 50.1. The normalized spacial score (nSPS) is 20.2. The van der Waals surface area contributed by atoms with Crippen LogP contribution < -0.4 is 31.1 Å². The van der Waals surface area contributed by atoms with Gasteiger partial charge >= 0.3 is 0 Å². The average Bonchev–Trinajstić information content (AvgIpc) is 2.24. The molecule has 2 atom stereocenters. The van der Waals surface area contributed by atoms with E-state index in [1.165, 1.54) is 157 Å². The Labute approximate surface area is 485 Å². The summed E-state index contributed by atoms with van der Waals surface area (Å²) in [5.41, 5.74) is 27.3. The molecule has 0 saturated heterocycles. The first-order chi connectivity index (χ1) is 38.9. The monoisotopic (exact) mass is 1070 g/mol. The summed E-state index contributed by atoms with van der Waals surface area (Å²) in [6.07, 6.45) is 7.02. The van der Waals surface area contributed by atoms with Crippen LogP contribution in [0.3, 0.4) is 0 Å². The Hall–Kier alpha value is -7.34. The lowest BCUT2D eigenvalue weighted by Gasteiger charge is -2.51. The van der Waals surface area contributed by atoms with E-state index in [4.69, 9.17) is 0 Å². The van der Waals surface area contributed by atoms with E-state index < -0.39 is 0 Å². The molecular weight excluding hydrogens is 998 g/mol. The molecule has 3 nitrogen and oxygen atoms in total. The lowest BCUT2D eigenvalue weighted by Crippen LogP contribution is -2.62. The molecule has 10 aromatic rings. The molecule has 1 saturated carbocycles. The Morgan fingerprint density at radius 1 is 0.481 bits per heavy atom. The zero-order chi connectivity index (χ0) is 55.7. The van der Waals surface area contributed by atoms with E-state index in [9.17, 15) is 0 Å². The molecule has 1 fully saturated rings. The van der Waals surface area contributed by atoms with Gasteiger partial charge in [0.15, 0.2) is 0 Å². The molecule has 1 aromatic heterocycles. The van der Waals surface area contributed by atoms with Crippen LogP contribution in [-0.4, -0.2) is 12.3 Å². The third-order valence-corrected chi connectivity index (χ3v) is 22.0. The molecule has 2 unspecified atom stereocenters. The lowest BCUT2D eigenvalue weighted by molar-refractivity contribution is 0.195. The molecule has 81 heavy (non-hydrogen) atoms. The van der Waals surface area contributed by atoms with Gasteiger partial charge in [0.25, 0.3) is 6.71 Å². The standard InChI is InChI=1S/C76H74BN3S/c1-47-24-15-16-27-52(47)68-48(2)34-36-58-71(68)79(60-37-35-50(72(3,4)5)42-54(60)49-25-13-12-14-26-49)65-44-51(80-61-30-19-18-29-55(61)75(10)38-21-22-39-76(75,80)11)43-64-70(65)77(58)59-45-56-57(74(8,9)41-40-73(56,6)7)46-63(59)78(64)62-31-23-33-67-69(62)53-28-17-20-32-66(53)81-67/h12-20,23-37,42-46H,21-22,38-41H2,1-11H3. The van der Waals surface area contributed by atoms with Crippen molar-refractivity contribution in [2.24, 2.45) is 0 Å². The number of thiophene rings is 1. The summed E-state index contributed by atoms with van der Waals surface area (Å²) in [6, 6.07) is 69.3. The summed E-state index contributed by atoms with van der Waals surface area (Å²) in [5.74, 6) is 0. The summed E-state index contributed by atoms with van der Waals surface area (Å²) in [5, 5.41) is 2.64. The van der Waals surface area contributed by atoms with E-state index in [-0.39, 0.29) is 33.9 Å². The molecule has 5 aliphatic rings. The molecule has 3 aliphatic heterocycles. The van der Waals surface area contributed by atoms with E-state index in [0.717, 1.165) is 19.3 Å². The van der Waals surface area contributed by atoms with Crippen LogP contribution in [0.5, 0.6) is 0 Å². The maximum Gasteiger partial charge on any atom is 0.252 e. The first-order valence-corrected chi connectivity index (χ1v) is 30.9. The van der Waals surface area contributed by atoms with Gasteiger partial charge in [-0.05, 0) is 178 Å². The van der Waals surface area contributed by atoms with Crippen LogP contribution in [-0.2, 0) is 21.7 Å². The van der Waals surface area contributed by atoms with Crippen LogP contribution in [0.2, 0.25) is 0 Å². The van der Waals surface area contributed by atoms with E-state index >= 15 is 0 Å². The fourth-order valence-electron chi connectivity index (χ4n) is 16.2. The van der Waals surface area contributed by atoms with E-state index in [1.54, 1.807) is 0 Å². The van der Waals surface area contributed by atoms with Gasteiger partial charge < -0.3 is 14.7 Å². The Morgan fingerprint density at radius 3 is 1.93 bits per heavy atom. The van der Waals surface area contributed by atoms with Gasteiger partial charge in [0.05, 0.1) is 16.9 Å². The predicted octanol–water partition coefficient (Wildman–Crippen LogP) is 19.5. The number of nitrogens with zero attached hydrogens (tertiary/aromatic N) is 3. The number of benzene rings is 9. The van der Waals surface area contributed by atoms with E-state index in [2.05, 4.69) is 267 Å². The molecule has 5 heteroatoms. The second kappa shape index (κ2) is 17.6. The maximum atomic E-state index is 2.84. The van der Waals surface area contributed by atoms with Crippen LogP contribution in [0, 0.1) is 13.8 Å². The molecule has 0 amide bonds. The second-order valence-electron chi connectivity index (χ2n) is 27.5. The van der Waals surface area contributed by atoms with E-state index in [1.807, 2.05) is 11.3 Å². The van der Waals surface area contributed by atoms with E-state index in [0.29, 0.717) is 0 Å². The average molecular weight is 1070 g/mol. The van der Waals surface area contributed by atoms with Gasteiger partial charge in [-0.3, -0.25) is 0 Å². The molecule has 9 aromatic carbocycles. The van der Waals surface area contributed by atoms with Crippen LogP contribution in [0.25, 0.3) is 42.4 Å². The van der Waals surface area contributed by atoms with Crippen molar-refractivity contribution in [3.05, 3.63) is 209 Å². The smallest absolute Gasteiger partial charge is 0.252 e. The van der Waals surface area contributed by atoms with Crippen molar-refractivity contribution in [2.75, 3.05) is 14.7 Å². The van der Waals surface area contributed by atoms with Crippen molar-refractivity contribution in [3.8, 4) is 22.3 Å². The second-order valence-corrected chi connectivity index (χ2v) is 28.6. The summed E-state index contributed by atoms with van der Waals surface area (Å²) < 4.78 is 2.64. The van der Waals surface area contributed by atoms with Gasteiger partial charge in [-0.1, -0.05) is 190 Å². The number of para-hydroxylation sites is 1. The van der Waals surface area contributed by atoms with Crippen molar-refractivity contribution in [2.45, 2.75) is 142 Å². The van der Waals surface area contributed by atoms with Crippen LogP contribution in [0.15, 0.2) is 176 Å². The van der Waals surface area contributed by atoms with Crippen molar-refractivity contribution >= 4 is 100 Å². The van der Waals surface area contributed by atoms with Crippen molar-refractivity contribution in [3.63, 3.8) is 0 Å². The quantitative estimate of drug-likeness (QED) is 0.159. The highest BCUT2D eigenvalue weighted by atomic mass is 32.1. The zero-order valence-electron chi connectivity index (χ0n) is 49.3. The van der Waals surface area contributed by atoms with Gasteiger partial charge in [-0.15, -0.1) is 11.3 Å². The molecule has 15 rings (SSSR count). The Balaban J connectivity index is 1.16. The summed E-state index contributed by atoms with van der Waals surface area (Å²) in [6.45, 7) is 26.9. The highest BCUT2D eigenvalue weighted by Gasteiger charge is 2.58. The first kappa shape index (κ1) is 50.6. The fraction of sp³-hybridized carbons (Fsp3) is 0.289. The van der Waals surface area contributed by atoms with Gasteiger partial charge in [-0.2, -0.15) is 0 Å². The molecule has 0 spiro atoms. The molecule has 402 valence electrons. The van der Waals surface area contributed by atoms with Crippen molar-refractivity contribution < 1.29 is 0 Å². The number of hydrogen-bond acceptors (Lipinski definition) is 4. The Bertz CT molecular complexity index is 4270. The van der Waals surface area contributed by atoms with Gasteiger partial charge in [0, 0.05) is 70.8 Å². The van der Waals surface area contributed by atoms with Crippen molar-refractivity contribution in [1.82, 2.24) is 0 Å². The third kappa shape index (κ3) is 7.19. The molecular formula is C76H74BN3S. The Morgan fingerprint density at radius 2 is 1.15 bits per heavy atom. The number of aryl methyl sites for hydroxylation is 2. The number of hydrogen-bond donors (Lipinski definition) is 0. The van der Waals surface area contributed by atoms with Crippen LogP contribution in [0.1, 0.15) is 134 Å². The summed E-state index contributed by atoms with van der Waals surface area (Å²) in [4.78, 5) is 8.39. The topological polar surface area (TPSA) is 9.72 Å². The largest absolute Gasteiger partial charge is 0.334 e. The minimum absolute atomic E-state index is 0.00497. The Kier molecular flexibility index (Phi) is 11.0. The maximum absolute atomic E-state index is 2.84. The lowest BCUT2D eigenvalue weighted by atomic mass is 9.32. The molecule has 0 bridgehead atoms. The minimum atomic E-state index is -0.172. The van der Waals surface area contributed by atoms with Gasteiger partial charge in [0.1, 0.15) is 0 Å². The van der Waals surface area contributed by atoms with Crippen molar-refractivity contribution in [1.29, 1.82) is 0 Å². The number of rotatable bonds is 5. The molecule has 0 radical (unpaired) electrons. The van der Waals surface area contributed by atoms with Gasteiger partial charge in [0.2, 0.25) is 0 Å². The number of fused-ring (bicyclic) bond motifs is 11. The predicted molar refractivity (Wildman–Crippen MR) is 350 cm³/mol. The highest BCUT2D eigenvalue weighted by molar-refractivity contribution is 7.26. The minimum Gasteiger partial charge on any atom is -0.334 e. The van der Waals surface area contributed by atoms with Crippen LogP contribution >= 0.6 is 11.3 Å². The molecule has 0 N–H and O–H groups in total. The highest BCUT2D eigenvalue weighted by Crippen LogP contribution is 2.63. The summed E-state index contributed by atoms with van der Waals surface area (Å²) >= 11 is 1.92. The number of anilines is 8. The first-order valence-electron chi connectivity index (χ1n) is 30.0.